The number of hydrogen-bond acceptors (Lipinski definition) is 0. The quantitative estimate of drug-likeness (QED) is 0.436. The van der Waals surface area contributed by atoms with Crippen molar-refractivity contribution >= 4 is 44.2 Å². The molecule has 0 aliphatic rings. The molecule has 1 aromatic heterocycles. The molecule has 1 nitrogen and oxygen atoms in total. The number of benzene rings is 3. The molecule has 0 spiro atoms. The minimum absolute atomic E-state index is 0.779. The Labute approximate surface area is 115 Å². The van der Waals surface area contributed by atoms with Gasteiger partial charge < -0.3 is 4.98 Å². The molecule has 3 aromatic carbocycles. The van der Waals surface area contributed by atoms with Crippen LogP contribution in [0.25, 0.3) is 32.6 Å². The molecule has 0 fully saturated rings. The smallest absolute Gasteiger partial charge is 0.0547 e. The molecule has 0 unspecified atom stereocenters. The highest BCUT2D eigenvalue weighted by Gasteiger charge is 2.10. The molecule has 0 bridgehead atoms. The molecule has 1 N–H and O–H groups in total. The van der Waals surface area contributed by atoms with Gasteiger partial charge in [0.1, 0.15) is 0 Å². The molecule has 0 amide bonds. The van der Waals surface area contributed by atoms with Crippen LogP contribution in [-0.2, 0) is 0 Å². The number of hydrogen-bond donors (Lipinski definition) is 1. The maximum atomic E-state index is 6.13. The van der Waals surface area contributed by atoms with Crippen molar-refractivity contribution < 1.29 is 0 Å². The normalized spacial score (nSPS) is 11.7. The third-order valence-electron chi connectivity index (χ3n) is 3.76. The largest absolute Gasteiger partial charge is 0.354 e. The standard InChI is InChI=1S/C17H12ClN/c1-10-8-11-4-2-3-5-13(11)17-16(10)14-9-12(18)6-7-15(14)19-17/h2-9,19H,1H3. The fourth-order valence-electron chi connectivity index (χ4n) is 2.93. The summed E-state index contributed by atoms with van der Waals surface area (Å²) in [4.78, 5) is 3.53. The first-order chi connectivity index (χ1) is 9.24. The van der Waals surface area contributed by atoms with Crippen LogP contribution in [0, 0.1) is 6.92 Å². The average Bonchev–Trinajstić information content (AvgIpc) is 2.78. The Morgan fingerprint density at radius 3 is 2.68 bits per heavy atom. The van der Waals surface area contributed by atoms with Gasteiger partial charge in [0.05, 0.1) is 5.52 Å². The van der Waals surface area contributed by atoms with Gasteiger partial charge >= 0.3 is 0 Å². The topological polar surface area (TPSA) is 15.8 Å². The summed E-state index contributed by atoms with van der Waals surface area (Å²) in [5, 5.41) is 5.78. The fraction of sp³-hybridized carbons (Fsp3) is 0.0588. The summed E-state index contributed by atoms with van der Waals surface area (Å²) >= 11 is 6.13. The van der Waals surface area contributed by atoms with E-state index in [1.165, 1.54) is 32.6 Å². The zero-order valence-electron chi connectivity index (χ0n) is 10.5. The van der Waals surface area contributed by atoms with Crippen molar-refractivity contribution in [3.05, 3.63) is 59.1 Å². The van der Waals surface area contributed by atoms with E-state index in [4.69, 9.17) is 11.6 Å². The number of fused-ring (bicyclic) bond motifs is 5. The highest BCUT2D eigenvalue weighted by atomic mass is 35.5. The number of H-pyrrole nitrogens is 1. The second-order valence-electron chi connectivity index (χ2n) is 4.98. The Bertz CT molecular complexity index is 934. The lowest BCUT2D eigenvalue weighted by Crippen LogP contribution is -1.79. The van der Waals surface area contributed by atoms with Crippen molar-refractivity contribution in [2.75, 3.05) is 0 Å². The molecule has 0 saturated carbocycles. The van der Waals surface area contributed by atoms with E-state index in [2.05, 4.69) is 42.2 Å². The molecule has 1 heterocycles. The van der Waals surface area contributed by atoms with Crippen molar-refractivity contribution in [1.29, 1.82) is 0 Å². The monoisotopic (exact) mass is 265 g/mol. The predicted molar refractivity (Wildman–Crippen MR) is 83.1 cm³/mol. The molecular weight excluding hydrogens is 254 g/mol. The first-order valence-electron chi connectivity index (χ1n) is 6.33. The molecule has 92 valence electrons. The molecule has 0 saturated heterocycles. The first-order valence-corrected chi connectivity index (χ1v) is 6.71. The lowest BCUT2D eigenvalue weighted by molar-refractivity contribution is 1.54. The van der Waals surface area contributed by atoms with Crippen LogP contribution in [0.15, 0.2) is 48.5 Å². The van der Waals surface area contributed by atoms with E-state index in [9.17, 15) is 0 Å². The van der Waals surface area contributed by atoms with Gasteiger partial charge in [-0.05, 0) is 36.1 Å². The Morgan fingerprint density at radius 2 is 1.79 bits per heavy atom. The summed E-state index contributed by atoms with van der Waals surface area (Å²) < 4.78 is 0. The summed E-state index contributed by atoms with van der Waals surface area (Å²) in [7, 11) is 0. The van der Waals surface area contributed by atoms with E-state index >= 15 is 0 Å². The molecule has 0 aliphatic carbocycles. The maximum absolute atomic E-state index is 6.13. The van der Waals surface area contributed by atoms with E-state index in [0.29, 0.717) is 0 Å². The van der Waals surface area contributed by atoms with Gasteiger partial charge in [-0.1, -0.05) is 41.9 Å². The van der Waals surface area contributed by atoms with Crippen molar-refractivity contribution in [3.8, 4) is 0 Å². The number of aryl methyl sites for hydroxylation is 1. The van der Waals surface area contributed by atoms with E-state index < -0.39 is 0 Å². The minimum atomic E-state index is 0.779. The second-order valence-corrected chi connectivity index (χ2v) is 5.42. The Balaban J connectivity index is 2.34. The van der Waals surface area contributed by atoms with E-state index in [0.717, 1.165) is 10.5 Å². The van der Waals surface area contributed by atoms with Crippen molar-refractivity contribution in [2.24, 2.45) is 0 Å². The van der Waals surface area contributed by atoms with Gasteiger partial charge in [0.2, 0.25) is 0 Å². The SMILES string of the molecule is Cc1cc2ccccc2c2[nH]c3ccc(Cl)cc3c12. The van der Waals surface area contributed by atoms with Crippen LogP contribution in [0.1, 0.15) is 5.56 Å². The Kier molecular flexibility index (Phi) is 2.15. The Hall–Kier alpha value is -1.99. The van der Waals surface area contributed by atoms with Crippen LogP contribution in [-0.4, -0.2) is 4.98 Å². The third kappa shape index (κ3) is 1.48. The fourth-order valence-corrected chi connectivity index (χ4v) is 3.10. The van der Waals surface area contributed by atoms with E-state index in [1.54, 1.807) is 0 Å². The minimum Gasteiger partial charge on any atom is -0.354 e. The predicted octanol–water partition coefficient (Wildman–Crippen LogP) is 5.44. The van der Waals surface area contributed by atoms with E-state index in [-0.39, 0.29) is 0 Å². The number of aromatic nitrogens is 1. The summed E-state index contributed by atoms with van der Waals surface area (Å²) in [6.07, 6.45) is 0. The van der Waals surface area contributed by atoms with Crippen LogP contribution in [0.2, 0.25) is 5.02 Å². The molecule has 4 rings (SSSR count). The molecule has 2 heteroatoms. The third-order valence-corrected chi connectivity index (χ3v) is 3.99. The number of nitrogens with one attached hydrogen (secondary N) is 1. The van der Waals surface area contributed by atoms with Crippen LogP contribution >= 0.6 is 11.6 Å². The Morgan fingerprint density at radius 1 is 0.947 bits per heavy atom. The van der Waals surface area contributed by atoms with Crippen LogP contribution in [0.4, 0.5) is 0 Å². The number of halogens is 1. The highest BCUT2D eigenvalue weighted by molar-refractivity contribution is 6.32. The van der Waals surface area contributed by atoms with Gasteiger partial charge in [-0.2, -0.15) is 0 Å². The lowest BCUT2D eigenvalue weighted by Gasteiger charge is -2.03. The van der Waals surface area contributed by atoms with Crippen LogP contribution in [0.3, 0.4) is 0 Å². The molecule has 0 aliphatic heterocycles. The number of rotatable bonds is 0. The summed E-state index contributed by atoms with van der Waals surface area (Å²) in [6, 6.07) is 16.7. The summed E-state index contributed by atoms with van der Waals surface area (Å²) in [5.41, 5.74) is 3.62. The van der Waals surface area contributed by atoms with Gasteiger partial charge in [0.25, 0.3) is 0 Å². The first kappa shape index (κ1) is 10.9. The summed E-state index contributed by atoms with van der Waals surface area (Å²) in [5.74, 6) is 0. The summed E-state index contributed by atoms with van der Waals surface area (Å²) in [6.45, 7) is 2.16. The molecular formula is C17H12ClN. The highest BCUT2D eigenvalue weighted by Crippen LogP contribution is 2.34. The van der Waals surface area contributed by atoms with Crippen molar-refractivity contribution in [1.82, 2.24) is 4.98 Å². The lowest BCUT2D eigenvalue weighted by atomic mass is 10.0. The number of aromatic amines is 1. The van der Waals surface area contributed by atoms with Crippen LogP contribution < -0.4 is 0 Å². The molecule has 19 heavy (non-hydrogen) atoms. The average molecular weight is 266 g/mol. The van der Waals surface area contributed by atoms with Gasteiger partial charge in [-0.15, -0.1) is 0 Å². The molecule has 4 aromatic rings. The molecule has 0 radical (unpaired) electrons. The van der Waals surface area contributed by atoms with Gasteiger partial charge in [-0.3, -0.25) is 0 Å². The zero-order valence-corrected chi connectivity index (χ0v) is 11.3. The van der Waals surface area contributed by atoms with Gasteiger partial charge in [0, 0.05) is 26.7 Å². The van der Waals surface area contributed by atoms with Crippen molar-refractivity contribution in [2.45, 2.75) is 6.92 Å². The molecule has 0 atom stereocenters. The van der Waals surface area contributed by atoms with Gasteiger partial charge in [-0.25, -0.2) is 0 Å². The van der Waals surface area contributed by atoms with Crippen molar-refractivity contribution in [3.63, 3.8) is 0 Å². The second kappa shape index (κ2) is 3.75. The maximum Gasteiger partial charge on any atom is 0.0547 e. The van der Waals surface area contributed by atoms with Gasteiger partial charge in [0.15, 0.2) is 0 Å². The van der Waals surface area contributed by atoms with E-state index in [1.807, 2.05) is 18.2 Å². The van der Waals surface area contributed by atoms with Crippen LogP contribution in [0.5, 0.6) is 0 Å². The zero-order chi connectivity index (χ0) is 13.0.